The second-order valence-corrected chi connectivity index (χ2v) is 20.1. The van der Waals surface area contributed by atoms with Gasteiger partial charge in [0.05, 0.1) is 53.0 Å². The topological polar surface area (TPSA) is 124 Å². The van der Waals surface area contributed by atoms with E-state index in [1.165, 1.54) is 71.6 Å². The Kier molecular flexibility index (Phi) is 12.8. The SMILES string of the molecule is CN1CCN(C2CN(c3cnc4c(Br)cnn4c3)C2)CC1.CN1CCN(C2CN(c3cnc4c(N5CCN(C(=O)C6CC6)CC5)cnn4c3)C2)CC1.O=C(C1CC1)N1CCCCC1. The van der Waals surface area contributed by atoms with Crippen LogP contribution < -0.4 is 14.7 Å². The Morgan fingerprint density at radius 1 is 0.524 bits per heavy atom. The number of piperazine rings is 3. The van der Waals surface area contributed by atoms with E-state index >= 15 is 0 Å². The average molecular weight is 929 g/mol. The molecule has 4 aromatic rings. The minimum absolute atomic E-state index is 0.306. The van der Waals surface area contributed by atoms with Gasteiger partial charge < -0.3 is 34.3 Å². The van der Waals surface area contributed by atoms with E-state index in [9.17, 15) is 9.59 Å². The second-order valence-electron chi connectivity index (χ2n) is 19.2. The average Bonchev–Trinajstić information content (AvgIpc) is 4.23. The molecule has 8 aliphatic rings. The van der Waals surface area contributed by atoms with E-state index in [0.29, 0.717) is 35.7 Å². The quantitative estimate of drug-likeness (QED) is 0.270. The largest absolute Gasteiger partial charge is 0.366 e. The number of nitrogens with zero attached hydrogens (tertiary/aromatic N) is 15. The minimum atomic E-state index is 0.306. The van der Waals surface area contributed by atoms with Gasteiger partial charge in [-0.1, -0.05) is 0 Å². The van der Waals surface area contributed by atoms with Crippen LogP contribution in [0.25, 0.3) is 11.3 Å². The number of amides is 2. The maximum absolute atomic E-state index is 12.3. The van der Waals surface area contributed by atoms with E-state index in [4.69, 9.17) is 4.98 Å². The number of likely N-dealkylation sites (N-methyl/N-ethyl adjacent to an activating group) is 2. The van der Waals surface area contributed by atoms with Gasteiger partial charge in [-0.05, 0) is 75.0 Å². The molecule has 0 bridgehead atoms. The smallest absolute Gasteiger partial charge is 0.225 e. The number of hydrogen-bond acceptors (Lipinski definition) is 13. The third-order valence-electron chi connectivity index (χ3n) is 14.6. The number of fused-ring (bicyclic) bond motifs is 2. The summed E-state index contributed by atoms with van der Waals surface area (Å²) >= 11 is 3.46. The molecule has 0 unspecified atom stereocenters. The van der Waals surface area contributed by atoms with Crippen LogP contribution in [0.3, 0.4) is 0 Å². The fourth-order valence-electron chi connectivity index (χ4n) is 9.87. The van der Waals surface area contributed by atoms with Crippen molar-refractivity contribution in [2.45, 2.75) is 57.0 Å². The molecule has 2 aliphatic carbocycles. The van der Waals surface area contributed by atoms with Gasteiger partial charge in [-0.25, -0.2) is 19.0 Å². The lowest BCUT2D eigenvalue weighted by Crippen LogP contribution is -2.63. The Morgan fingerprint density at radius 2 is 0.984 bits per heavy atom. The first-order valence-corrected chi connectivity index (χ1v) is 24.5. The van der Waals surface area contributed by atoms with Crippen LogP contribution in [-0.2, 0) is 9.59 Å². The molecular formula is C45H66BrN15O2. The number of piperidine rings is 1. The first-order valence-electron chi connectivity index (χ1n) is 23.7. The molecule has 2 saturated carbocycles. The van der Waals surface area contributed by atoms with Crippen LogP contribution in [-0.4, -0.2) is 214 Å². The second kappa shape index (κ2) is 18.8. The van der Waals surface area contributed by atoms with Crippen molar-refractivity contribution in [1.29, 1.82) is 0 Å². The molecular weight excluding hydrogens is 863 g/mol. The first kappa shape index (κ1) is 42.8. The van der Waals surface area contributed by atoms with E-state index < -0.39 is 0 Å². The van der Waals surface area contributed by atoms with Gasteiger partial charge in [0.25, 0.3) is 0 Å². The molecule has 0 spiro atoms. The summed E-state index contributed by atoms with van der Waals surface area (Å²) in [5.74, 6) is 1.52. The summed E-state index contributed by atoms with van der Waals surface area (Å²) < 4.78 is 4.69. The zero-order valence-electron chi connectivity index (χ0n) is 37.4. The Morgan fingerprint density at radius 3 is 1.49 bits per heavy atom. The van der Waals surface area contributed by atoms with Gasteiger partial charge in [0, 0.05) is 142 Å². The lowest BCUT2D eigenvalue weighted by atomic mass is 10.1. The number of rotatable bonds is 7. The molecule has 6 aliphatic heterocycles. The summed E-state index contributed by atoms with van der Waals surface area (Å²) in [6.45, 7) is 19.1. The zero-order valence-corrected chi connectivity index (χ0v) is 38.9. The summed E-state index contributed by atoms with van der Waals surface area (Å²) in [5, 5.41) is 8.90. The van der Waals surface area contributed by atoms with Crippen LogP contribution in [0.15, 0.2) is 41.7 Å². The lowest BCUT2D eigenvalue weighted by Gasteiger charge is -2.48. The maximum Gasteiger partial charge on any atom is 0.225 e. The van der Waals surface area contributed by atoms with Crippen molar-refractivity contribution in [1.82, 2.24) is 58.6 Å². The predicted molar refractivity (Wildman–Crippen MR) is 248 cm³/mol. The van der Waals surface area contributed by atoms with E-state index in [-0.39, 0.29) is 0 Å². The van der Waals surface area contributed by atoms with E-state index in [1.807, 2.05) is 32.5 Å². The fourth-order valence-corrected chi connectivity index (χ4v) is 10.2. The first-order chi connectivity index (χ1) is 30.7. The molecule has 0 atom stereocenters. The van der Waals surface area contributed by atoms with Gasteiger partial charge in [-0.15, -0.1) is 0 Å². The number of anilines is 3. The Labute approximate surface area is 380 Å². The number of carbonyl (C=O) groups is 2. The Hall–Kier alpha value is -4.10. The van der Waals surface area contributed by atoms with E-state index in [2.05, 4.69) is 96.8 Å². The summed E-state index contributed by atoms with van der Waals surface area (Å²) in [6, 6.07) is 1.35. The molecule has 4 aromatic heterocycles. The number of halogens is 1. The number of carbonyl (C=O) groups excluding carboxylic acids is 2. The van der Waals surface area contributed by atoms with Crippen molar-refractivity contribution in [3.8, 4) is 0 Å². The van der Waals surface area contributed by atoms with Crippen LogP contribution in [0.1, 0.15) is 44.9 Å². The van der Waals surface area contributed by atoms with Crippen molar-refractivity contribution in [3.63, 3.8) is 0 Å². The monoisotopic (exact) mass is 927 g/mol. The molecule has 0 N–H and O–H groups in total. The van der Waals surface area contributed by atoms with Crippen molar-refractivity contribution in [2.75, 3.05) is 147 Å². The van der Waals surface area contributed by atoms with Gasteiger partial charge in [0.2, 0.25) is 11.8 Å². The highest BCUT2D eigenvalue weighted by atomic mass is 79.9. The van der Waals surface area contributed by atoms with Crippen molar-refractivity contribution in [2.24, 2.45) is 11.8 Å². The highest BCUT2D eigenvalue weighted by Crippen LogP contribution is 2.33. The highest BCUT2D eigenvalue weighted by Gasteiger charge is 2.37. The van der Waals surface area contributed by atoms with Gasteiger partial charge in [-0.3, -0.25) is 19.4 Å². The molecule has 63 heavy (non-hydrogen) atoms. The fraction of sp³-hybridized carbons (Fsp3) is 0.689. The molecule has 17 nitrogen and oxygen atoms in total. The van der Waals surface area contributed by atoms with E-state index in [0.717, 1.165) is 124 Å². The molecule has 2 amide bonds. The third-order valence-corrected chi connectivity index (χ3v) is 15.2. The summed E-state index contributed by atoms with van der Waals surface area (Å²) in [4.78, 5) is 54.3. The standard InChI is InChI=1S/C22H32N8O.C14H19BrN6.C9H15NO/c1-25-4-6-26(7-5-25)19-14-29(15-19)18-12-23-21-20(13-24-30(21)16-18)27-8-10-28(11-9-27)22(31)17-2-3-17;1-18-2-4-19(5-3-18)12-8-20(9-12)11-6-16-14-13(15)7-17-21(14)10-11;11-9(8-4-5-8)10-6-2-1-3-7-10/h12-13,16-17,19H,2-11,14-15H2,1H3;6-7,10,12H,2-5,8-9H2,1H3;8H,1-7H2. The molecule has 0 radical (unpaired) electrons. The molecule has 340 valence electrons. The number of aromatic nitrogens is 6. The zero-order chi connectivity index (χ0) is 43.0. The van der Waals surface area contributed by atoms with Crippen LogP contribution in [0.5, 0.6) is 0 Å². The van der Waals surface area contributed by atoms with Gasteiger partial charge >= 0.3 is 0 Å². The summed E-state index contributed by atoms with van der Waals surface area (Å²) in [6.07, 6.45) is 20.0. The highest BCUT2D eigenvalue weighted by molar-refractivity contribution is 9.10. The van der Waals surface area contributed by atoms with Crippen LogP contribution in [0.4, 0.5) is 17.1 Å². The maximum atomic E-state index is 12.3. The summed E-state index contributed by atoms with van der Waals surface area (Å²) in [7, 11) is 4.41. The van der Waals surface area contributed by atoms with Gasteiger partial charge in [0.1, 0.15) is 5.69 Å². The number of likely N-dealkylation sites (tertiary alicyclic amines) is 1. The summed E-state index contributed by atoms with van der Waals surface area (Å²) in [5.41, 5.74) is 5.15. The van der Waals surface area contributed by atoms with Crippen LogP contribution in [0, 0.1) is 11.8 Å². The molecule has 8 fully saturated rings. The predicted octanol–water partition coefficient (Wildman–Crippen LogP) is 2.56. The number of hydrogen-bond donors (Lipinski definition) is 0. The molecule has 10 heterocycles. The lowest BCUT2D eigenvalue weighted by molar-refractivity contribution is -0.133. The third kappa shape index (κ3) is 9.80. The minimum Gasteiger partial charge on any atom is -0.366 e. The van der Waals surface area contributed by atoms with Gasteiger partial charge in [-0.2, -0.15) is 10.2 Å². The van der Waals surface area contributed by atoms with Crippen LogP contribution in [0.2, 0.25) is 0 Å². The van der Waals surface area contributed by atoms with E-state index in [1.54, 1.807) is 6.20 Å². The normalized spacial score (nSPS) is 23.6. The van der Waals surface area contributed by atoms with Crippen molar-refractivity contribution < 1.29 is 9.59 Å². The molecule has 6 saturated heterocycles. The molecule has 12 rings (SSSR count). The molecule has 18 heteroatoms. The van der Waals surface area contributed by atoms with Crippen LogP contribution >= 0.6 is 15.9 Å². The Balaban J connectivity index is 0.000000126. The Bertz CT molecular complexity index is 2180. The van der Waals surface area contributed by atoms with Crippen molar-refractivity contribution in [3.05, 3.63) is 41.7 Å². The molecule has 0 aromatic carbocycles. The van der Waals surface area contributed by atoms with Gasteiger partial charge in [0.15, 0.2) is 11.3 Å². The van der Waals surface area contributed by atoms with Crippen molar-refractivity contribution >= 4 is 56.1 Å².